The molecule has 1 amide bonds. The molecule has 0 aliphatic heterocycles. The van der Waals surface area contributed by atoms with E-state index in [-0.39, 0.29) is 21.7 Å². The van der Waals surface area contributed by atoms with Crippen LogP contribution in [0.25, 0.3) is 0 Å². The number of anilines is 1. The molecule has 0 unspecified atom stereocenters. The summed E-state index contributed by atoms with van der Waals surface area (Å²) in [6.07, 6.45) is 1.42. The van der Waals surface area contributed by atoms with Crippen molar-refractivity contribution in [2.24, 2.45) is 10.8 Å². The fourth-order valence-corrected chi connectivity index (χ4v) is 2.88. The minimum absolute atomic E-state index is 0.0129. The van der Waals surface area contributed by atoms with Gasteiger partial charge in [0, 0.05) is 12.6 Å². The molecule has 0 aliphatic rings. The van der Waals surface area contributed by atoms with Crippen LogP contribution in [0.5, 0.6) is 5.75 Å². The quantitative estimate of drug-likeness (QED) is 0.295. The molecular formula is C16H16N4O4S2. The molecule has 0 fully saturated rings. The second kappa shape index (κ2) is 8.41. The molecule has 0 saturated heterocycles. The Morgan fingerprint density at radius 2 is 1.92 bits per heavy atom. The number of nitrogens with two attached hydrogens (primary N) is 1. The number of nitrogens with one attached hydrogen (secondary N) is 2. The number of rotatable bonds is 6. The smallest absolute Gasteiger partial charge is 0.339 e. The van der Waals surface area contributed by atoms with E-state index < -0.39 is 10.1 Å². The van der Waals surface area contributed by atoms with E-state index in [9.17, 15) is 13.2 Å². The molecule has 8 nitrogen and oxygen atoms in total. The predicted octanol–water partition coefficient (Wildman–Crippen LogP) is 1.58. The summed E-state index contributed by atoms with van der Waals surface area (Å²) in [5, 5.41) is 6.36. The lowest BCUT2D eigenvalue weighted by Crippen LogP contribution is -2.23. The monoisotopic (exact) mass is 392 g/mol. The van der Waals surface area contributed by atoms with Crippen molar-refractivity contribution in [2.75, 3.05) is 5.32 Å². The fraction of sp³-hybridized carbons (Fsp3) is 0.0625. The average Bonchev–Trinajstić information content (AvgIpc) is 2.54. The number of amides is 1. The number of benzene rings is 2. The van der Waals surface area contributed by atoms with E-state index in [2.05, 4.69) is 28.1 Å². The summed E-state index contributed by atoms with van der Waals surface area (Å²) in [4.78, 5) is 11.0. The van der Waals surface area contributed by atoms with Crippen LogP contribution in [0.2, 0.25) is 0 Å². The second-order valence-electron chi connectivity index (χ2n) is 5.05. The number of thiocarbonyl (C=S) groups is 1. The summed E-state index contributed by atoms with van der Waals surface area (Å²) >= 11 is 4.62. The van der Waals surface area contributed by atoms with E-state index in [1.807, 2.05) is 0 Å². The van der Waals surface area contributed by atoms with Gasteiger partial charge in [-0.25, -0.2) is 0 Å². The largest absolute Gasteiger partial charge is 0.379 e. The van der Waals surface area contributed by atoms with Gasteiger partial charge in [0.1, 0.15) is 10.6 Å². The van der Waals surface area contributed by atoms with Gasteiger partial charge in [0.05, 0.1) is 6.21 Å². The summed E-state index contributed by atoms with van der Waals surface area (Å²) in [5.41, 5.74) is 8.72. The first-order valence-corrected chi connectivity index (χ1v) is 9.08. The molecule has 2 rings (SSSR count). The maximum atomic E-state index is 12.4. The second-order valence-corrected chi connectivity index (χ2v) is 7.04. The molecule has 10 heteroatoms. The van der Waals surface area contributed by atoms with Gasteiger partial charge in [0.2, 0.25) is 5.91 Å². The van der Waals surface area contributed by atoms with Crippen molar-refractivity contribution in [3.8, 4) is 5.75 Å². The first kappa shape index (κ1) is 19.3. The molecular weight excluding hydrogens is 376 g/mol. The third-order valence-corrected chi connectivity index (χ3v) is 4.27. The number of carbonyl (C=O) groups is 1. The highest BCUT2D eigenvalue weighted by Gasteiger charge is 2.16. The number of hydrogen-bond donors (Lipinski definition) is 3. The Morgan fingerprint density at radius 3 is 2.54 bits per heavy atom. The van der Waals surface area contributed by atoms with Crippen molar-refractivity contribution < 1.29 is 17.4 Å². The van der Waals surface area contributed by atoms with E-state index in [1.54, 1.807) is 12.1 Å². The van der Waals surface area contributed by atoms with Gasteiger partial charge >= 0.3 is 10.1 Å². The van der Waals surface area contributed by atoms with Crippen LogP contribution in [0.3, 0.4) is 0 Å². The number of carbonyl (C=O) groups excluding carboxylic acids is 1. The van der Waals surface area contributed by atoms with Crippen LogP contribution in [0.15, 0.2) is 58.5 Å². The molecule has 0 heterocycles. The Morgan fingerprint density at radius 1 is 1.23 bits per heavy atom. The van der Waals surface area contributed by atoms with Crippen molar-refractivity contribution in [1.29, 1.82) is 0 Å². The highest BCUT2D eigenvalue weighted by molar-refractivity contribution is 7.87. The third-order valence-electron chi connectivity index (χ3n) is 2.92. The molecule has 0 atom stereocenters. The van der Waals surface area contributed by atoms with Gasteiger partial charge in [0.15, 0.2) is 5.11 Å². The lowest BCUT2D eigenvalue weighted by Gasteiger charge is -2.08. The summed E-state index contributed by atoms with van der Waals surface area (Å²) in [7, 11) is -4.02. The van der Waals surface area contributed by atoms with Gasteiger partial charge in [-0.05, 0) is 54.2 Å². The van der Waals surface area contributed by atoms with Gasteiger partial charge in [-0.15, -0.1) is 0 Å². The van der Waals surface area contributed by atoms with Gasteiger partial charge in [-0.2, -0.15) is 13.5 Å². The van der Waals surface area contributed by atoms with E-state index in [0.29, 0.717) is 11.3 Å². The molecule has 0 saturated carbocycles. The van der Waals surface area contributed by atoms with Crippen LogP contribution < -0.4 is 20.7 Å². The van der Waals surface area contributed by atoms with Crippen LogP contribution in [0.4, 0.5) is 5.69 Å². The van der Waals surface area contributed by atoms with Gasteiger partial charge in [0.25, 0.3) is 0 Å². The molecule has 2 aromatic carbocycles. The van der Waals surface area contributed by atoms with Crippen LogP contribution >= 0.6 is 12.2 Å². The molecule has 2 aromatic rings. The molecule has 0 radical (unpaired) electrons. The molecule has 0 aromatic heterocycles. The third kappa shape index (κ3) is 5.83. The Hall–Kier alpha value is -2.98. The van der Waals surface area contributed by atoms with E-state index >= 15 is 0 Å². The Kier molecular flexibility index (Phi) is 6.26. The van der Waals surface area contributed by atoms with E-state index in [4.69, 9.17) is 9.92 Å². The maximum absolute atomic E-state index is 12.4. The maximum Gasteiger partial charge on any atom is 0.339 e. The normalized spacial score (nSPS) is 11.1. The summed E-state index contributed by atoms with van der Waals surface area (Å²) in [6.45, 7) is 1.36. The van der Waals surface area contributed by atoms with Crippen molar-refractivity contribution >= 4 is 45.3 Å². The zero-order chi connectivity index (χ0) is 19.2. The van der Waals surface area contributed by atoms with Gasteiger partial charge < -0.3 is 15.2 Å². The van der Waals surface area contributed by atoms with Crippen LogP contribution in [0, 0.1) is 0 Å². The van der Waals surface area contributed by atoms with Crippen molar-refractivity contribution in [3.05, 3.63) is 54.1 Å². The Labute approximate surface area is 156 Å². The van der Waals surface area contributed by atoms with Gasteiger partial charge in [-0.3, -0.25) is 10.2 Å². The first-order valence-electron chi connectivity index (χ1n) is 7.27. The van der Waals surface area contributed by atoms with Crippen molar-refractivity contribution in [1.82, 2.24) is 5.43 Å². The molecule has 0 spiro atoms. The predicted molar refractivity (Wildman–Crippen MR) is 103 cm³/mol. The highest BCUT2D eigenvalue weighted by Crippen LogP contribution is 2.21. The SMILES string of the molecule is CC(=O)Nc1ccc(S(=O)(=O)Oc2cccc(C=NNC(N)=S)c2)cc1. The van der Waals surface area contributed by atoms with E-state index in [0.717, 1.165) is 0 Å². The standard InChI is InChI=1S/C16H16N4O4S2/c1-11(21)19-13-5-7-15(8-6-13)26(22,23)24-14-4-2-3-12(9-14)10-18-20-16(17)25/h2-10H,1H3,(H,19,21)(H3,17,20,25). The molecule has 26 heavy (non-hydrogen) atoms. The molecule has 4 N–H and O–H groups in total. The summed E-state index contributed by atoms with van der Waals surface area (Å²) in [5.74, 6) is -0.129. The topological polar surface area (TPSA) is 123 Å². The lowest BCUT2D eigenvalue weighted by molar-refractivity contribution is -0.114. The molecule has 0 bridgehead atoms. The van der Waals surface area contributed by atoms with Gasteiger partial charge in [-0.1, -0.05) is 12.1 Å². The minimum atomic E-state index is -4.02. The van der Waals surface area contributed by atoms with Crippen molar-refractivity contribution in [3.63, 3.8) is 0 Å². The van der Waals surface area contributed by atoms with Crippen LogP contribution in [-0.4, -0.2) is 25.7 Å². The summed E-state index contributed by atoms with van der Waals surface area (Å²) < 4.78 is 29.9. The van der Waals surface area contributed by atoms with Crippen LogP contribution in [0.1, 0.15) is 12.5 Å². The fourth-order valence-electron chi connectivity index (χ4n) is 1.90. The van der Waals surface area contributed by atoms with E-state index in [1.165, 1.54) is 49.5 Å². The number of hydrazone groups is 1. The molecule has 0 aliphatic carbocycles. The zero-order valence-corrected chi connectivity index (χ0v) is 15.3. The minimum Gasteiger partial charge on any atom is -0.379 e. The number of nitrogens with zero attached hydrogens (tertiary/aromatic N) is 1. The molecule has 136 valence electrons. The van der Waals surface area contributed by atoms with Crippen LogP contribution in [-0.2, 0) is 14.9 Å². The highest BCUT2D eigenvalue weighted by atomic mass is 32.2. The lowest BCUT2D eigenvalue weighted by atomic mass is 10.2. The first-order chi connectivity index (χ1) is 12.3. The van der Waals surface area contributed by atoms with Crippen molar-refractivity contribution in [2.45, 2.75) is 11.8 Å². The number of hydrogen-bond acceptors (Lipinski definition) is 6. The Balaban J connectivity index is 2.14. The summed E-state index contributed by atoms with van der Waals surface area (Å²) in [6, 6.07) is 12.0. The average molecular weight is 392 g/mol. The zero-order valence-electron chi connectivity index (χ0n) is 13.7. The Bertz CT molecular complexity index is 941.